The van der Waals surface area contributed by atoms with Gasteiger partial charge in [0, 0.05) is 6.08 Å². The van der Waals surface area contributed by atoms with Crippen molar-refractivity contribution in [2.45, 2.75) is 13.0 Å². The third-order valence-corrected chi connectivity index (χ3v) is 2.64. The molecule has 6 heteroatoms. The second kappa shape index (κ2) is 5.01. The van der Waals surface area contributed by atoms with E-state index in [0.29, 0.717) is 22.7 Å². The molecule has 0 radical (unpaired) electrons. The Kier molecular flexibility index (Phi) is 3.41. The highest BCUT2D eigenvalue weighted by atomic mass is 16.5. The minimum atomic E-state index is -1.05. The van der Waals surface area contributed by atoms with Gasteiger partial charge in [-0.3, -0.25) is 4.79 Å². The Morgan fingerprint density at radius 1 is 1.53 bits per heavy atom. The monoisotopic (exact) mass is 263 g/mol. The molecule has 0 spiro atoms. The van der Waals surface area contributed by atoms with Gasteiger partial charge in [0.05, 0.1) is 12.8 Å². The van der Waals surface area contributed by atoms with Crippen LogP contribution in [0.1, 0.15) is 12.5 Å². The number of carbonyl (C=O) groups excluding carboxylic acids is 1. The lowest BCUT2D eigenvalue weighted by Crippen LogP contribution is -2.34. The van der Waals surface area contributed by atoms with Crippen LogP contribution in [-0.2, 0) is 9.59 Å². The quantitative estimate of drug-likeness (QED) is 0.807. The standard InChI is InChI=1S/C13H13NO5/c1-7-13(17)14-9-5-8(3-4-11(15)16)6-10(18-2)12(9)19-7/h3-7H,1-2H3,(H,14,17)(H,15,16)/b4-3+. The normalized spacial score (nSPS) is 17.6. The molecule has 0 bridgehead atoms. The molecule has 1 atom stereocenters. The van der Waals surface area contributed by atoms with E-state index in [1.54, 1.807) is 19.1 Å². The maximum Gasteiger partial charge on any atom is 0.328 e. The largest absolute Gasteiger partial charge is 0.493 e. The molecular formula is C13H13NO5. The lowest BCUT2D eigenvalue weighted by molar-refractivity contribution is -0.131. The second-order valence-corrected chi connectivity index (χ2v) is 4.02. The average molecular weight is 263 g/mol. The Morgan fingerprint density at radius 2 is 2.26 bits per heavy atom. The molecule has 2 rings (SSSR count). The van der Waals surface area contributed by atoms with E-state index in [4.69, 9.17) is 14.6 Å². The predicted molar refractivity (Wildman–Crippen MR) is 68.4 cm³/mol. The summed E-state index contributed by atoms with van der Waals surface area (Å²) in [7, 11) is 1.48. The molecule has 1 unspecified atom stereocenters. The first-order chi connectivity index (χ1) is 9.01. The van der Waals surface area contributed by atoms with Crippen molar-refractivity contribution in [3.8, 4) is 11.5 Å². The fourth-order valence-electron chi connectivity index (χ4n) is 1.72. The number of ether oxygens (including phenoxy) is 2. The van der Waals surface area contributed by atoms with E-state index in [9.17, 15) is 9.59 Å². The Morgan fingerprint density at radius 3 is 2.89 bits per heavy atom. The molecule has 0 aliphatic carbocycles. The van der Waals surface area contributed by atoms with Crippen LogP contribution >= 0.6 is 0 Å². The summed E-state index contributed by atoms with van der Waals surface area (Å²) >= 11 is 0. The third kappa shape index (κ3) is 2.67. The van der Waals surface area contributed by atoms with Gasteiger partial charge in [-0.2, -0.15) is 0 Å². The number of fused-ring (bicyclic) bond motifs is 1. The van der Waals surface area contributed by atoms with Crippen LogP contribution in [0.25, 0.3) is 6.08 Å². The van der Waals surface area contributed by atoms with Gasteiger partial charge in [-0.05, 0) is 30.7 Å². The molecule has 0 saturated heterocycles. The number of benzene rings is 1. The van der Waals surface area contributed by atoms with Gasteiger partial charge < -0.3 is 19.9 Å². The van der Waals surface area contributed by atoms with Crippen LogP contribution in [-0.4, -0.2) is 30.2 Å². The van der Waals surface area contributed by atoms with Crippen LogP contribution in [0, 0.1) is 0 Å². The molecule has 1 aromatic rings. The van der Waals surface area contributed by atoms with Gasteiger partial charge in [0.2, 0.25) is 0 Å². The van der Waals surface area contributed by atoms with Crippen molar-refractivity contribution in [2.24, 2.45) is 0 Å². The number of anilines is 1. The topological polar surface area (TPSA) is 84.9 Å². The van der Waals surface area contributed by atoms with Gasteiger partial charge >= 0.3 is 5.97 Å². The number of carboxylic acid groups (broad SMARTS) is 1. The van der Waals surface area contributed by atoms with Gasteiger partial charge in [-0.15, -0.1) is 0 Å². The maximum absolute atomic E-state index is 11.5. The van der Waals surface area contributed by atoms with E-state index in [-0.39, 0.29) is 5.91 Å². The summed E-state index contributed by atoms with van der Waals surface area (Å²) in [6.07, 6.45) is 1.83. The highest BCUT2D eigenvalue weighted by Crippen LogP contribution is 2.40. The Bertz CT molecular complexity index is 564. The molecule has 1 amide bonds. The molecule has 100 valence electrons. The van der Waals surface area contributed by atoms with E-state index in [0.717, 1.165) is 6.08 Å². The summed E-state index contributed by atoms with van der Waals surface area (Å²) in [6, 6.07) is 3.27. The Hall–Kier alpha value is -2.50. The van der Waals surface area contributed by atoms with E-state index >= 15 is 0 Å². The predicted octanol–water partition coefficient (Wildman–Crippen LogP) is 1.51. The fraction of sp³-hybridized carbons (Fsp3) is 0.231. The van der Waals surface area contributed by atoms with Crippen LogP contribution in [0.2, 0.25) is 0 Å². The van der Waals surface area contributed by atoms with E-state index in [1.807, 2.05) is 0 Å². The SMILES string of the molecule is COc1cc(/C=C/C(=O)O)cc2c1OC(C)C(=O)N2. The highest BCUT2D eigenvalue weighted by molar-refractivity contribution is 5.98. The average Bonchev–Trinajstić information content (AvgIpc) is 2.37. The minimum Gasteiger partial charge on any atom is -0.493 e. The van der Waals surface area contributed by atoms with E-state index in [1.165, 1.54) is 13.2 Å². The number of hydrogen-bond acceptors (Lipinski definition) is 4. The van der Waals surface area contributed by atoms with Crippen LogP contribution in [0.3, 0.4) is 0 Å². The summed E-state index contributed by atoms with van der Waals surface area (Å²) in [5.74, 6) is -0.420. The summed E-state index contributed by atoms with van der Waals surface area (Å²) in [6.45, 7) is 1.63. The third-order valence-electron chi connectivity index (χ3n) is 2.64. The van der Waals surface area contributed by atoms with Crippen LogP contribution in [0.4, 0.5) is 5.69 Å². The molecule has 2 N–H and O–H groups in total. The number of methoxy groups -OCH3 is 1. The molecule has 0 saturated carbocycles. The van der Waals surface area contributed by atoms with Crippen molar-refractivity contribution in [2.75, 3.05) is 12.4 Å². The van der Waals surface area contributed by atoms with Crippen molar-refractivity contribution >= 4 is 23.6 Å². The number of carbonyl (C=O) groups is 2. The minimum absolute atomic E-state index is 0.256. The van der Waals surface area contributed by atoms with Crippen molar-refractivity contribution in [3.05, 3.63) is 23.8 Å². The summed E-state index contributed by atoms with van der Waals surface area (Å²) in [5.41, 5.74) is 1.06. The Balaban J connectivity index is 2.44. The molecule has 6 nitrogen and oxygen atoms in total. The van der Waals surface area contributed by atoms with Gasteiger partial charge in [0.15, 0.2) is 17.6 Å². The van der Waals surface area contributed by atoms with Gasteiger partial charge in [-0.1, -0.05) is 0 Å². The van der Waals surface area contributed by atoms with E-state index < -0.39 is 12.1 Å². The number of amides is 1. The number of carboxylic acids is 1. The zero-order valence-corrected chi connectivity index (χ0v) is 10.5. The zero-order valence-electron chi connectivity index (χ0n) is 10.5. The van der Waals surface area contributed by atoms with Crippen LogP contribution in [0.5, 0.6) is 11.5 Å². The summed E-state index contributed by atoms with van der Waals surface area (Å²) in [5, 5.41) is 11.3. The molecule has 19 heavy (non-hydrogen) atoms. The molecule has 0 aromatic heterocycles. The van der Waals surface area contributed by atoms with Crippen LogP contribution < -0.4 is 14.8 Å². The first kappa shape index (κ1) is 12.9. The smallest absolute Gasteiger partial charge is 0.328 e. The van der Waals surface area contributed by atoms with Crippen molar-refractivity contribution < 1.29 is 24.2 Å². The maximum atomic E-state index is 11.5. The summed E-state index contributed by atoms with van der Waals surface area (Å²) in [4.78, 5) is 22.0. The number of hydrogen-bond donors (Lipinski definition) is 2. The van der Waals surface area contributed by atoms with Gasteiger partial charge in [-0.25, -0.2) is 4.79 Å². The first-order valence-electron chi connectivity index (χ1n) is 5.62. The molecule has 1 aromatic carbocycles. The number of nitrogens with one attached hydrogen (secondary N) is 1. The molecule has 1 aliphatic heterocycles. The fourth-order valence-corrected chi connectivity index (χ4v) is 1.72. The molecule has 1 aliphatic rings. The number of rotatable bonds is 3. The highest BCUT2D eigenvalue weighted by Gasteiger charge is 2.26. The van der Waals surface area contributed by atoms with Crippen LogP contribution in [0.15, 0.2) is 18.2 Å². The van der Waals surface area contributed by atoms with E-state index in [2.05, 4.69) is 5.32 Å². The van der Waals surface area contributed by atoms with Gasteiger partial charge in [0.25, 0.3) is 5.91 Å². The lowest BCUT2D eigenvalue weighted by Gasteiger charge is -2.25. The first-order valence-corrected chi connectivity index (χ1v) is 5.62. The van der Waals surface area contributed by atoms with Crippen molar-refractivity contribution in [3.63, 3.8) is 0 Å². The summed E-state index contributed by atoms with van der Waals surface area (Å²) < 4.78 is 10.7. The molecular weight excluding hydrogens is 250 g/mol. The van der Waals surface area contributed by atoms with Crippen molar-refractivity contribution in [1.82, 2.24) is 0 Å². The van der Waals surface area contributed by atoms with Gasteiger partial charge in [0.1, 0.15) is 0 Å². The molecule has 1 heterocycles. The molecule has 0 fully saturated rings. The second-order valence-electron chi connectivity index (χ2n) is 4.02. The zero-order chi connectivity index (χ0) is 14.0. The van der Waals surface area contributed by atoms with Crippen molar-refractivity contribution in [1.29, 1.82) is 0 Å². The number of aliphatic carboxylic acids is 1. The lowest BCUT2D eigenvalue weighted by atomic mass is 10.1. The Labute approximate surface area is 109 Å².